The average molecular weight is 371 g/mol. The number of aromatic nitrogens is 1. The molecule has 0 saturated carbocycles. The molecule has 0 radical (unpaired) electrons. The van der Waals surface area contributed by atoms with Gasteiger partial charge in [-0.1, -0.05) is 0 Å². The molecule has 134 valence electrons. The van der Waals surface area contributed by atoms with Crippen LogP contribution < -0.4 is 9.47 Å². The van der Waals surface area contributed by atoms with Crippen LogP contribution in [0.3, 0.4) is 0 Å². The van der Waals surface area contributed by atoms with E-state index in [4.69, 9.17) is 14.6 Å². The van der Waals surface area contributed by atoms with Gasteiger partial charge in [-0.15, -0.1) is 11.3 Å². The number of methoxy groups -OCH3 is 1. The molecule has 0 unspecified atom stereocenters. The Hall–Kier alpha value is -3.06. The topological polar surface area (TPSA) is 88.9 Å². The summed E-state index contributed by atoms with van der Waals surface area (Å²) in [5.74, 6) is -0.163. The molecule has 0 aliphatic rings. The molecule has 7 heteroatoms. The van der Waals surface area contributed by atoms with Crippen molar-refractivity contribution in [2.45, 2.75) is 6.92 Å². The Kier molecular flexibility index (Phi) is 5.09. The van der Waals surface area contributed by atoms with Gasteiger partial charge in [0.05, 0.1) is 19.4 Å². The molecule has 3 aromatic rings. The molecule has 0 spiro atoms. The van der Waals surface area contributed by atoms with Crippen LogP contribution in [0.4, 0.5) is 0 Å². The van der Waals surface area contributed by atoms with E-state index < -0.39 is 5.97 Å². The molecule has 0 atom stereocenters. The molecule has 2 aromatic carbocycles. The number of hydrogen-bond donors (Lipinski definition) is 2. The predicted molar refractivity (Wildman–Crippen MR) is 99.3 cm³/mol. The summed E-state index contributed by atoms with van der Waals surface area (Å²) in [5, 5.41) is 21.4. The zero-order valence-corrected chi connectivity index (χ0v) is 15.0. The van der Waals surface area contributed by atoms with Gasteiger partial charge >= 0.3 is 5.97 Å². The lowest BCUT2D eigenvalue weighted by molar-refractivity contribution is 0.0694. The molecule has 0 saturated heterocycles. The third-order valence-corrected chi connectivity index (χ3v) is 4.63. The first-order valence-corrected chi connectivity index (χ1v) is 8.75. The summed E-state index contributed by atoms with van der Waals surface area (Å²) in [6.45, 7) is 2.42. The number of aromatic hydroxyl groups is 1. The monoisotopic (exact) mass is 371 g/mol. The smallest absolute Gasteiger partial charge is 0.339 e. The Labute approximate surface area is 154 Å². The minimum absolute atomic E-state index is 0.153. The highest BCUT2D eigenvalue weighted by atomic mass is 32.1. The van der Waals surface area contributed by atoms with Gasteiger partial charge in [-0.25, -0.2) is 9.78 Å². The van der Waals surface area contributed by atoms with Crippen LogP contribution >= 0.6 is 11.3 Å². The van der Waals surface area contributed by atoms with E-state index in [1.165, 1.54) is 23.5 Å². The quantitative estimate of drug-likeness (QED) is 0.672. The molecular formula is C19H17NO5S. The SMILES string of the molecule is CCOc1cc(-c2nc(-c3ccc(O)c(C(=O)O)c3)cs2)ccc1OC. The van der Waals surface area contributed by atoms with E-state index in [1.807, 2.05) is 30.5 Å². The van der Waals surface area contributed by atoms with Crippen molar-refractivity contribution in [2.75, 3.05) is 13.7 Å². The summed E-state index contributed by atoms with van der Waals surface area (Å²) < 4.78 is 10.9. The van der Waals surface area contributed by atoms with E-state index in [9.17, 15) is 9.90 Å². The first-order valence-electron chi connectivity index (χ1n) is 7.87. The van der Waals surface area contributed by atoms with Crippen molar-refractivity contribution in [3.8, 4) is 39.1 Å². The minimum atomic E-state index is -1.18. The maximum absolute atomic E-state index is 11.2. The maximum atomic E-state index is 11.2. The van der Waals surface area contributed by atoms with Crippen molar-refractivity contribution >= 4 is 17.3 Å². The Balaban J connectivity index is 1.97. The predicted octanol–water partition coefficient (Wildman–Crippen LogP) is 4.29. The lowest BCUT2D eigenvalue weighted by Crippen LogP contribution is -1.97. The van der Waals surface area contributed by atoms with Crippen molar-refractivity contribution in [3.63, 3.8) is 0 Å². The molecule has 0 aliphatic carbocycles. The molecule has 0 bridgehead atoms. The summed E-state index contributed by atoms with van der Waals surface area (Å²) in [6.07, 6.45) is 0. The number of benzene rings is 2. The number of thiazole rings is 1. The second-order valence-electron chi connectivity index (χ2n) is 5.37. The van der Waals surface area contributed by atoms with Crippen LogP contribution in [0.1, 0.15) is 17.3 Å². The summed E-state index contributed by atoms with van der Waals surface area (Å²) >= 11 is 1.44. The molecule has 0 amide bonds. The standard InChI is InChI=1S/C19H17NO5S/c1-3-25-17-9-12(5-7-16(17)24-2)18-20-14(10-26-18)11-4-6-15(21)13(8-11)19(22)23/h4-10,21H,3H2,1-2H3,(H,22,23). The fourth-order valence-corrected chi connectivity index (χ4v) is 3.31. The van der Waals surface area contributed by atoms with Crippen LogP contribution in [-0.4, -0.2) is 34.9 Å². The van der Waals surface area contributed by atoms with Gasteiger partial charge in [0.2, 0.25) is 0 Å². The van der Waals surface area contributed by atoms with Crippen LogP contribution in [0.2, 0.25) is 0 Å². The lowest BCUT2D eigenvalue weighted by atomic mass is 10.1. The largest absolute Gasteiger partial charge is 0.507 e. The van der Waals surface area contributed by atoms with Crippen molar-refractivity contribution in [1.82, 2.24) is 4.98 Å². The fourth-order valence-electron chi connectivity index (χ4n) is 2.48. The zero-order chi connectivity index (χ0) is 18.7. The number of carboxylic acid groups (broad SMARTS) is 1. The molecule has 2 N–H and O–H groups in total. The van der Waals surface area contributed by atoms with Gasteiger partial charge in [-0.3, -0.25) is 0 Å². The Morgan fingerprint density at radius 3 is 2.62 bits per heavy atom. The Morgan fingerprint density at radius 2 is 1.92 bits per heavy atom. The first kappa shape index (κ1) is 17.8. The van der Waals surface area contributed by atoms with Crippen LogP contribution in [-0.2, 0) is 0 Å². The van der Waals surface area contributed by atoms with Gasteiger partial charge in [0, 0.05) is 16.5 Å². The van der Waals surface area contributed by atoms with E-state index in [1.54, 1.807) is 13.2 Å². The van der Waals surface area contributed by atoms with Crippen LogP contribution in [0, 0.1) is 0 Å². The van der Waals surface area contributed by atoms with E-state index in [0.717, 1.165) is 10.6 Å². The maximum Gasteiger partial charge on any atom is 0.339 e. The summed E-state index contributed by atoms with van der Waals surface area (Å²) in [6, 6.07) is 9.99. The Bertz CT molecular complexity index is 951. The second kappa shape index (κ2) is 7.45. The highest BCUT2D eigenvalue weighted by Gasteiger charge is 2.14. The highest BCUT2D eigenvalue weighted by molar-refractivity contribution is 7.13. The summed E-state index contributed by atoms with van der Waals surface area (Å²) in [4.78, 5) is 15.8. The molecule has 0 fully saturated rings. The highest BCUT2D eigenvalue weighted by Crippen LogP contribution is 2.36. The van der Waals surface area contributed by atoms with Gasteiger partial charge < -0.3 is 19.7 Å². The zero-order valence-electron chi connectivity index (χ0n) is 14.2. The van der Waals surface area contributed by atoms with Gasteiger partial charge in [-0.2, -0.15) is 0 Å². The van der Waals surface area contributed by atoms with Gasteiger partial charge in [0.25, 0.3) is 0 Å². The number of nitrogens with zero attached hydrogens (tertiary/aromatic N) is 1. The van der Waals surface area contributed by atoms with E-state index in [-0.39, 0.29) is 11.3 Å². The second-order valence-corrected chi connectivity index (χ2v) is 6.23. The number of carbonyl (C=O) groups is 1. The lowest BCUT2D eigenvalue weighted by Gasteiger charge is -2.10. The van der Waals surface area contributed by atoms with Gasteiger partial charge in [-0.05, 0) is 43.3 Å². The summed E-state index contributed by atoms with van der Waals surface area (Å²) in [5.41, 5.74) is 1.99. The number of hydrogen-bond acceptors (Lipinski definition) is 6. The van der Waals surface area contributed by atoms with Gasteiger partial charge in [0.15, 0.2) is 11.5 Å². The van der Waals surface area contributed by atoms with Crippen LogP contribution in [0.25, 0.3) is 21.8 Å². The van der Waals surface area contributed by atoms with E-state index >= 15 is 0 Å². The molecule has 1 heterocycles. The normalized spacial score (nSPS) is 10.5. The summed E-state index contributed by atoms with van der Waals surface area (Å²) in [7, 11) is 1.59. The number of ether oxygens (including phenoxy) is 2. The third-order valence-electron chi connectivity index (χ3n) is 3.74. The average Bonchev–Trinajstić information content (AvgIpc) is 3.12. The van der Waals surface area contributed by atoms with Crippen molar-refractivity contribution in [2.24, 2.45) is 0 Å². The van der Waals surface area contributed by atoms with Crippen molar-refractivity contribution < 1.29 is 24.5 Å². The molecule has 3 rings (SSSR count). The fraction of sp³-hybridized carbons (Fsp3) is 0.158. The molecule has 6 nitrogen and oxygen atoms in total. The van der Waals surface area contributed by atoms with E-state index in [0.29, 0.717) is 29.4 Å². The number of carboxylic acids is 1. The van der Waals surface area contributed by atoms with Crippen molar-refractivity contribution in [1.29, 1.82) is 0 Å². The molecule has 1 aromatic heterocycles. The number of aromatic carboxylic acids is 1. The molecule has 0 aliphatic heterocycles. The van der Waals surface area contributed by atoms with Gasteiger partial charge in [0.1, 0.15) is 16.3 Å². The van der Waals surface area contributed by atoms with E-state index in [2.05, 4.69) is 4.98 Å². The minimum Gasteiger partial charge on any atom is -0.507 e. The van der Waals surface area contributed by atoms with Crippen LogP contribution in [0.15, 0.2) is 41.8 Å². The van der Waals surface area contributed by atoms with Crippen LogP contribution in [0.5, 0.6) is 17.2 Å². The third kappa shape index (κ3) is 3.48. The molecular weight excluding hydrogens is 354 g/mol. The van der Waals surface area contributed by atoms with Crippen molar-refractivity contribution in [3.05, 3.63) is 47.3 Å². The number of rotatable bonds is 6. The number of phenols is 1. The molecule has 26 heavy (non-hydrogen) atoms. The Morgan fingerprint density at radius 1 is 1.15 bits per heavy atom. The first-order chi connectivity index (χ1) is 12.5.